The SMILES string of the molecule is C#Cn1cnc2ccc(CCCCCCOP(OCCC#N)N(C(C)C)C(C)C)cc21. The van der Waals surface area contributed by atoms with Gasteiger partial charge in [-0.15, -0.1) is 0 Å². The van der Waals surface area contributed by atoms with Gasteiger partial charge in [0.25, 0.3) is 8.53 Å². The first-order valence-corrected chi connectivity index (χ1v) is 12.2. The molecule has 2 aromatic rings. The maximum Gasteiger partial charge on any atom is 0.259 e. The second kappa shape index (κ2) is 13.5. The van der Waals surface area contributed by atoms with Gasteiger partial charge in [-0.1, -0.05) is 25.3 Å². The Hall–Kier alpha value is -1.95. The van der Waals surface area contributed by atoms with Crippen molar-refractivity contribution in [1.29, 1.82) is 5.26 Å². The number of fused-ring (bicyclic) bond motifs is 1. The molecule has 0 aliphatic rings. The first-order chi connectivity index (χ1) is 15.0. The second-order valence-electron chi connectivity index (χ2n) is 8.11. The van der Waals surface area contributed by atoms with Crippen molar-refractivity contribution in [3.63, 3.8) is 0 Å². The lowest BCUT2D eigenvalue weighted by Gasteiger charge is -2.35. The molecule has 7 heteroatoms. The van der Waals surface area contributed by atoms with Crippen molar-refractivity contribution in [2.45, 2.75) is 78.3 Å². The first-order valence-electron chi connectivity index (χ1n) is 11.1. The third-order valence-corrected chi connectivity index (χ3v) is 7.08. The van der Waals surface area contributed by atoms with E-state index in [1.165, 1.54) is 5.56 Å². The van der Waals surface area contributed by atoms with Crippen LogP contribution in [-0.2, 0) is 15.5 Å². The summed E-state index contributed by atoms with van der Waals surface area (Å²) in [6, 6.07) is 11.7. The van der Waals surface area contributed by atoms with Gasteiger partial charge in [0.05, 0.1) is 36.7 Å². The molecule has 2 rings (SSSR count). The molecule has 0 radical (unpaired) electrons. The highest BCUT2D eigenvalue weighted by Gasteiger charge is 2.26. The Morgan fingerprint density at radius 3 is 2.48 bits per heavy atom. The van der Waals surface area contributed by atoms with Gasteiger partial charge in [0, 0.05) is 18.1 Å². The summed E-state index contributed by atoms with van der Waals surface area (Å²) < 4.78 is 16.1. The minimum absolute atomic E-state index is 0.330. The summed E-state index contributed by atoms with van der Waals surface area (Å²) in [5.74, 6) is 0. The monoisotopic (exact) mass is 442 g/mol. The van der Waals surface area contributed by atoms with Crippen molar-refractivity contribution in [3.8, 4) is 18.5 Å². The summed E-state index contributed by atoms with van der Waals surface area (Å²) in [4.78, 5) is 4.31. The van der Waals surface area contributed by atoms with Gasteiger partial charge in [-0.25, -0.2) is 9.65 Å². The predicted octanol–water partition coefficient (Wildman–Crippen LogP) is 5.87. The van der Waals surface area contributed by atoms with E-state index in [1.54, 1.807) is 10.9 Å². The summed E-state index contributed by atoms with van der Waals surface area (Å²) in [5, 5.41) is 8.79. The quantitative estimate of drug-likeness (QED) is 0.208. The van der Waals surface area contributed by atoms with Gasteiger partial charge < -0.3 is 9.05 Å². The first kappa shape index (κ1) is 25.3. The molecule has 0 saturated carbocycles. The average molecular weight is 443 g/mol. The van der Waals surface area contributed by atoms with E-state index in [1.807, 2.05) is 6.07 Å². The number of rotatable bonds is 14. The number of terminal acetylenes is 1. The lowest BCUT2D eigenvalue weighted by Crippen LogP contribution is -2.33. The molecule has 0 amide bonds. The van der Waals surface area contributed by atoms with E-state index in [-0.39, 0.29) is 0 Å². The van der Waals surface area contributed by atoms with Crippen molar-refractivity contribution < 1.29 is 9.05 Å². The molecule has 1 heterocycles. The van der Waals surface area contributed by atoms with Crippen LogP contribution in [0.25, 0.3) is 11.0 Å². The molecule has 31 heavy (non-hydrogen) atoms. The van der Waals surface area contributed by atoms with Crippen molar-refractivity contribution >= 4 is 19.6 Å². The summed E-state index contributed by atoms with van der Waals surface area (Å²) in [6.07, 6.45) is 13.0. The highest BCUT2D eigenvalue weighted by atomic mass is 31.2. The van der Waals surface area contributed by atoms with Crippen LogP contribution in [0.4, 0.5) is 0 Å². The van der Waals surface area contributed by atoms with E-state index in [4.69, 9.17) is 20.7 Å². The summed E-state index contributed by atoms with van der Waals surface area (Å²) in [7, 11) is -1.13. The van der Waals surface area contributed by atoms with Gasteiger partial charge in [0.15, 0.2) is 0 Å². The minimum atomic E-state index is -1.13. The summed E-state index contributed by atoms with van der Waals surface area (Å²) in [6.45, 7) is 9.71. The zero-order valence-corrected chi connectivity index (χ0v) is 20.1. The molecule has 0 saturated heterocycles. The van der Waals surface area contributed by atoms with Crippen molar-refractivity contribution in [2.24, 2.45) is 0 Å². The number of nitriles is 1. The third-order valence-electron chi connectivity index (χ3n) is 4.97. The minimum Gasteiger partial charge on any atom is -0.322 e. The molecule has 6 nitrogen and oxygen atoms in total. The zero-order chi connectivity index (χ0) is 22.6. The van der Waals surface area contributed by atoms with Crippen molar-refractivity contribution in [3.05, 3.63) is 30.1 Å². The molecule has 1 unspecified atom stereocenters. The molecule has 0 bridgehead atoms. The molecule has 1 aromatic carbocycles. The van der Waals surface area contributed by atoms with Gasteiger partial charge in [-0.2, -0.15) is 5.26 Å². The maximum atomic E-state index is 8.79. The Morgan fingerprint density at radius 1 is 1.10 bits per heavy atom. The van der Waals surface area contributed by atoms with E-state index in [9.17, 15) is 0 Å². The number of unbranched alkanes of at least 4 members (excludes halogenated alkanes) is 3. The van der Waals surface area contributed by atoms with Crippen LogP contribution in [0.2, 0.25) is 0 Å². The standard InChI is InChI=1S/C24H35N4O2P/c1-6-27-19-26-23-14-13-22(18-24(23)27)12-9-7-8-10-16-29-31(30-17-11-15-25)28(20(2)3)21(4)5/h1,13-14,18-21H,7-12,16-17H2,2-5H3. The lowest BCUT2D eigenvalue weighted by molar-refractivity contribution is 0.174. The fourth-order valence-electron chi connectivity index (χ4n) is 3.55. The van der Waals surface area contributed by atoms with E-state index in [0.29, 0.717) is 31.7 Å². The Balaban J connectivity index is 1.72. The van der Waals surface area contributed by atoms with E-state index >= 15 is 0 Å². The molecule has 0 N–H and O–H groups in total. The van der Waals surface area contributed by atoms with Crippen LogP contribution in [-0.4, -0.2) is 39.5 Å². The number of benzene rings is 1. The summed E-state index contributed by atoms with van der Waals surface area (Å²) >= 11 is 0. The van der Waals surface area contributed by atoms with Gasteiger partial charge >= 0.3 is 0 Å². The van der Waals surface area contributed by atoms with Gasteiger partial charge in [-0.3, -0.25) is 4.57 Å². The molecule has 0 aliphatic heterocycles. The van der Waals surface area contributed by atoms with Crippen LogP contribution in [0.15, 0.2) is 24.5 Å². The van der Waals surface area contributed by atoms with Gasteiger partial charge in [0.2, 0.25) is 0 Å². The number of imidazole rings is 1. The van der Waals surface area contributed by atoms with Crippen LogP contribution in [0.5, 0.6) is 0 Å². The molecule has 168 valence electrons. The fourth-order valence-corrected chi connectivity index (χ4v) is 5.18. The zero-order valence-electron chi connectivity index (χ0n) is 19.3. The topological polar surface area (TPSA) is 63.3 Å². The Labute approximate surface area is 188 Å². The second-order valence-corrected chi connectivity index (χ2v) is 9.56. The number of aromatic nitrogens is 2. The smallest absolute Gasteiger partial charge is 0.259 e. The van der Waals surface area contributed by atoms with Crippen LogP contribution >= 0.6 is 8.53 Å². The Morgan fingerprint density at radius 2 is 1.81 bits per heavy atom. The Bertz CT molecular complexity index is 874. The molecule has 0 spiro atoms. The molecule has 1 aromatic heterocycles. The predicted molar refractivity (Wildman–Crippen MR) is 127 cm³/mol. The van der Waals surface area contributed by atoms with Crippen LogP contribution in [0.1, 0.15) is 65.4 Å². The van der Waals surface area contributed by atoms with Crippen molar-refractivity contribution in [1.82, 2.24) is 14.2 Å². The van der Waals surface area contributed by atoms with Crippen LogP contribution in [0.3, 0.4) is 0 Å². The van der Waals surface area contributed by atoms with Crippen LogP contribution in [0, 0.1) is 23.8 Å². The number of hydrogen-bond donors (Lipinski definition) is 0. The van der Waals surface area contributed by atoms with Crippen LogP contribution < -0.4 is 0 Å². The highest BCUT2D eigenvalue weighted by Crippen LogP contribution is 2.46. The summed E-state index contributed by atoms with van der Waals surface area (Å²) in [5.41, 5.74) is 3.22. The largest absolute Gasteiger partial charge is 0.322 e. The average Bonchev–Trinajstić information content (AvgIpc) is 3.14. The molecule has 0 fully saturated rings. The van der Waals surface area contributed by atoms with E-state index in [2.05, 4.69) is 61.6 Å². The highest BCUT2D eigenvalue weighted by molar-refractivity contribution is 7.44. The van der Waals surface area contributed by atoms with E-state index in [0.717, 1.165) is 43.1 Å². The molecular formula is C24H35N4O2P. The third kappa shape index (κ3) is 7.91. The van der Waals surface area contributed by atoms with Gasteiger partial charge in [-0.05, 0) is 64.7 Å². The van der Waals surface area contributed by atoms with Crippen molar-refractivity contribution in [2.75, 3.05) is 13.2 Å². The fraction of sp³-hybridized carbons (Fsp3) is 0.583. The number of nitrogens with zero attached hydrogens (tertiary/aromatic N) is 4. The number of hydrogen-bond acceptors (Lipinski definition) is 5. The molecular weight excluding hydrogens is 407 g/mol. The number of aryl methyl sites for hydroxylation is 1. The normalized spacial score (nSPS) is 12.5. The maximum absolute atomic E-state index is 8.79. The van der Waals surface area contributed by atoms with E-state index < -0.39 is 8.53 Å². The Kier molecular flexibility index (Phi) is 11.0. The molecule has 0 aliphatic carbocycles. The lowest BCUT2D eigenvalue weighted by atomic mass is 10.1. The molecule has 1 atom stereocenters. The van der Waals surface area contributed by atoms with Gasteiger partial charge in [0.1, 0.15) is 6.33 Å².